The summed E-state index contributed by atoms with van der Waals surface area (Å²) in [5.41, 5.74) is 1.55. The Bertz CT molecular complexity index is 1860. The lowest BCUT2D eigenvalue weighted by Crippen LogP contribution is -2.40. The van der Waals surface area contributed by atoms with Crippen LogP contribution in [-0.2, 0) is 28.6 Å². The quantitative estimate of drug-likeness (QED) is 0.151. The molecule has 244 valence electrons. The molecule has 0 unspecified atom stereocenters. The molecule has 1 aromatic heterocycles. The molecule has 1 atom stereocenters. The van der Waals surface area contributed by atoms with Crippen LogP contribution in [0.2, 0.25) is 0 Å². The van der Waals surface area contributed by atoms with Crippen molar-refractivity contribution in [1.29, 1.82) is 0 Å². The molecule has 15 heteroatoms. The molecule has 0 bridgehead atoms. The van der Waals surface area contributed by atoms with Crippen molar-refractivity contribution in [2.75, 3.05) is 40.6 Å². The normalized spacial score (nSPS) is 14.2. The van der Waals surface area contributed by atoms with Crippen LogP contribution >= 0.6 is 56.5 Å². The van der Waals surface area contributed by atoms with Crippen LogP contribution in [0.4, 0.5) is 0 Å². The number of hydrogen-bond donors (Lipinski definition) is 0. The van der Waals surface area contributed by atoms with Crippen molar-refractivity contribution in [3.63, 3.8) is 0 Å². The Hall–Kier alpha value is -3.45. The minimum Gasteiger partial charge on any atom is -0.490 e. The van der Waals surface area contributed by atoms with E-state index in [1.54, 1.807) is 45.0 Å². The SMILES string of the molecule is CCOC(=O)C1=C(C)N=c2s/c(=C\c3cc(I)c(OCC(=O)OC)c(I)c3)c(=O)n2[C@@H]1c1ccc(OCC(=O)OC)c(OCC)c1. The van der Waals surface area contributed by atoms with Gasteiger partial charge in [0, 0.05) is 0 Å². The standard InChI is InChI=1S/C31H30I2N2O10S/c1-6-42-22-13-18(8-9-21(22)44-14-24(36)40-4)27-26(30(39)43-7-2)16(3)34-31-35(27)29(38)23(46-31)12-17-10-19(32)28(20(33)11-17)45-15-25(37)41-5/h8-13,27H,6-7,14-15H2,1-5H3/b23-12-/t27-/m1/s1. The van der Waals surface area contributed by atoms with Gasteiger partial charge in [0.2, 0.25) is 0 Å². The number of ether oxygens (including phenoxy) is 6. The fourth-order valence-electron chi connectivity index (χ4n) is 4.53. The number of allylic oxidation sites excluding steroid dienone is 1. The van der Waals surface area contributed by atoms with Crippen molar-refractivity contribution in [2.24, 2.45) is 4.99 Å². The second-order valence-corrected chi connectivity index (χ2v) is 12.8. The molecule has 46 heavy (non-hydrogen) atoms. The number of methoxy groups -OCH3 is 2. The van der Waals surface area contributed by atoms with Gasteiger partial charge in [-0.25, -0.2) is 19.4 Å². The summed E-state index contributed by atoms with van der Waals surface area (Å²) in [6.45, 7) is 5.08. The summed E-state index contributed by atoms with van der Waals surface area (Å²) < 4.78 is 35.1. The molecule has 0 saturated heterocycles. The fraction of sp³-hybridized carbons (Fsp3) is 0.323. The van der Waals surface area contributed by atoms with E-state index in [4.69, 9.17) is 18.9 Å². The zero-order chi connectivity index (χ0) is 33.5. The number of benzene rings is 2. The van der Waals surface area contributed by atoms with Gasteiger partial charge in [0.05, 0.1) is 56.4 Å². The van der Waals surface area contributed by atoms with Gasteiger partial charge in [0.1, 0.15) is 5.75 Å². The lowest BCUT2D eigenvalue weighted by Gasteiger charge is -2.25. The number of carbonyl (C=O) groups excluding carboxylic acids is 3. The summed E-state index contributed by atoms with van der Waals surface area (Å²) in [4.78, 5) is 55.7. The number of fused-ring (bicyclic) bond motifs is 1. The van der Waals surface area contributed by atoms with Crippen molar-refractivity contribution < 1.29 is 42.8 Å². The Kier molecular flexibility index (Phi) is 12.2. The number of carbonyl (C=O) groups is 3. The van der Waals surface area contributed by atoms with E-state index in [9.17, 15) is 19.2 Å². The first-order valence-corrected chi connectivity index (χ1v) is 16.8. The Balaban J connectivity index is 1.85. The molecule has 0 radical (unpaired) electrons. The monoisotopic (exact) mass is 876 g/mol. The lowest BCUT2D eigenvalue weighted by molar-refractivity contribution is -0.143. The third kappa shape index (κ3) is 7.91. The summed E-state index contributed by atoms with van der Waals surface area (Å²) in [6.07, 6.45) is 1.74. The fourth-order valence-corrected chi connectivity index (χ4v) is 7.70. The average Bonchev–Trinajstić information content (AvgIpc) is 3.32. The molecule has 0 fully saturated rings. The van der Waals surface area contributed by atoms with Crippen LogP contribution in [0.25, 0.3) is 6.08 Å². The van der Waals surface area contributed by atoms with Crippen molar-refractivity contribution in [1.82, 2.24) is 4.57 Å². The second-order valence-electron chi connectivity index (χ2n) is 9.48. The zero-order valence-electron chi connectivity index (χ0n) is 25.5. The van der Waals surface area contributed by atoms with Gasteiger partial charge >= 0.3 is 17.9 Å². The first kappa shape index (κ1) is 35.4. The smallest absolute Gasteiger partial charge is 0.343 e. The molecule has 0 aliphatic carbocycles. The van der Waals surface area contributed by atoms with Crippen LogP contribution in [0.15, 0.2) is 51.4 Å². The highest BCUT2D eigenvalue weighted by molar-refractivity contribution is 14.1. The molecule has 2 aromatic carbocycles. The van der Waals surface area contributed by atoms with Crippen LogP contribution < -0.4 is 29.1 Å². The highest BCUT2D eigenvalue weighted by Gasteiger charge is 2.34. The molecular weight excluding hydrogens is 846 g/mol. The minimum absolute atomic E-state index is 0.133. The number of nitrogens with zero attached hydrogens (tertiary/aromatic N) is 2. The van der Waals surface area contributed by atoms with E-state index < -0.39 is 23.9 Å². The number of rotatable bonds is 12. The molecule has 0 spiro atoms. The Labute approximate surface area is 295 Å². The molecular formula is C31H30I2N2O10S. The van der Waals surface area contributed by atoms with Crippen LogP contribution in [0, 0.1) is 7.14 Å². The van der Waals surface area contributed by atoms with Gasteiger partial charge in [-0.05, 0) is 107 Å². The van der Waals surface area contributed by atoms with Crippen LogP contribution in [-0.4, -0.2) is 63.1 Å². The third-order valence-corrected chi connectivity index (χ3v) is 9.14. The van der Waals surface area contributed by atoms with E-state index in [0.29, 0.717) is 44.4 Å². The molecule has 1 aliphatic rings. The Morgan fingerprint density at radius 2 is 1.59 bits per heavy atom. The summed E-state index contributed by atoms with van der Waals surface area (Å²) in [5, 5.41) is 0. The van der Waals surface area contributed by atoms with E-state index in [1.165, 1.54) is 30.1 Å². The molecule has 1 aliphatic heterocycles. The average molecular weight is 876 g/mol. The molecule has 12 nitrogen and oxygen atoms in total. The molecule has 4 rings (SSSR count). The number of thiazole rings is 1. The van der Waals surface area contributed by atoms with Gasteiger partial charge in [0.25, 0.3) is 5.56 Å². The highest BCUT2D eigenvalue weighted by atomic mass is 127. The van der Waals surface area contributed by atoms with Crippen LogP contribution in [0.1, 0.15) is 37.9 Å². The summed E-state index contributed by atoms with van der Waals surface area (Å²) in [6, 6.07) is 7.77. The largest absolute Gasteiger partial charge is 0.490 e. The molecule has 2 heterocycles. The first-order valence-electron chi connectivity index (χ1n) is 13.9. The summed E-state index contributed by atoms with van der Waals surface area (Å²) in [7, 11) is 2.55. The summed E-state index contributed by atoms with van der Waals surface area (Å²) >= 11 is 5.40. The van der Waals surface area contributed by atoms with E-state index in [1.807, 2.05) is 12.1 Å². The van der Waals surface area contributed by atoms with E-state index in [2.05, 4.69) is 59.6 Å². The molecule has 0 N–H and O–H groups in total. The summed E-state index contributed by atoms with van der Waals surface area (Å²) in [5.74, 6) is -0.509. The van der Waals surface area contributed by atoms with E-state index >= 15 is 0 Å². The van der Waals surface area contributed by atoms with Gasteiger partial charge in [-0.3, -0.25) is 9.36 Å². The Morgan fingerprint density at radius 1 is 0.935 bits per heavy atom. The number of halogens is 2. The van der Waals surface area contributed by atoms with Gasteiger partial charge < -0.3 is 28.4 Å². The third-order valence-electron chi connectivity index (χ3n) is 6.55. The molecule has 0 saturated carbocycles. The highest BCUT2D eigenvalue weighted by Crippen LogP contribution is 2.36. The topological polar surface area (TPSA) is 141 Å². The van der Waals surface area contributed by atoms with E-state index in [0.717, 1.165) is 12.7 Å². The number of esters is 3. The van der Waals surface area contributed by atoms with Crippen LogP contribution in [0.5, 0.6) is 17.2 Å². The van der Waals surface area contributed by atoms with Gasteiger partial charge in [-0.2, -0.15) is 0 Å². The maximum atomic E-state index is 14.1. The van der Waals surface area contributed by atoms with Crippen molar-refractivity contribution in [3.8, 4) is 17.2 Å². The number of aromatic nitrogens is 1. The van der Waals surface area contributed by atoms with Crippen LogP contribution in [0.3, 0.4) is 0 Å². The number of hydrogen-bond acceptors (Lipinski definition) is 12. The lowest BCUT2D eigenvalue weighted by atomic mass is 9.95. The van der Waals surface area contributed by atoms with Crippen molar-refractivity contribution in [2.45, 2.75) is 26.8 Å². The van der Waals surface area contributed by atoms with Gasteiger partial charge in [-0.15, -0.1) is 0 Å². The van der Waals surface area contributed by atoms with Gasteiger partial charge in [0.15, 0.2) is 29.5 Å². The predicted molar refractivity (Wildman–Crippen MR) is 185 cm³/mol. The Morgan fingerprint density at radius 3 is 2.20 bits per heavy atom. The zero-order valence-corrected chi connectivity index (χ0v) is 30.6. The maximum Gasteiger partial charge on any atom is 0.343 e. The second kappa shape index (κ2) is 15.9. The van der Waals surface area contributed by atoms with E-state index in [-0.39, 0.29) is 31.0 Å². The predicted octanol–water partition coefficient (Wildman–Crippen LogP) is 3.51. The first-order chi connectivity index (χ1) is 22.0. The van der Waals surface area contributed by atoms with Crippen molar-refractivity contribution in [3.05, 3.63) is 79.6 Å². The molecule has 0 amide bonds. The molecule has 3 aromatic rings. The van der Waals surface area contributed by atoms with Crippen molar-refractivity contribution >= 4 is 80.5 Å². The van der Waals surface area contributed by atoms with Gasteiger partial charge in [-0.1, -0.05) is 17.4 Å². The maximum absolute atomic E-state index is 14.1. The minimum atomic E-state index is -0.888.